The number of methoxy groups -OCH3 is 3. The number of aliphatic hydroxyl groups excluding tert-OH is 1. The van der Waals surface area contributed by atoms with E-state index in [2.05, 4.69) is 0 Å². The Bertz CT molecular complexity index is 1320. The lowest BCUT2D eigenvalue weighted by molar-refractivity contribution is -0.132. The van der Waals surface area contributed by atoms with Crippen molar-refractivity contribution >= 4 is 34.7 Å². The predicted octanol–water partition coefficient (Wildman–Crippen LogP) is 5.13. The van der Waals surface area contributed by atoms with Gasteiger partial charge in [-0.2, -0.15) is 0 Å². The average Bonchev–Trinajstić information content (AvgIpc) is 3.14. The van der Waals surface area contributed by atoms with Crippen LogP contribution >= 0.6 is 11.6 Å². The van der Waals surface area contributed by atoms with Gasteiger partial charge in [0.05, 0.1) is 43.5 Å². The summed E-state index contributed by atoms with van der Waals surface area (Å²) in [6, 6.07) is 13.7. The van der Waals surface area contributed by atoms with E-state index in [1.54, 1.807) is 24.3 Å². The molecule has 3 aromatic carbocycles. The topological polar surface area (TPSA) is 85.3 Å². The molecule has 1 fully saturated rings. The van der Waals surface area contributed by atoms with Crippen LogP contribution in [0.3, 0.4) is 0 Å². The lowest BCUT2D eigenvalue weighted by atomic mass is 9.94. The van der Waals surface area contributed by atoms with Crippen LogP contribution in [0.25, 0.3) is 5.76 Å². The normalized spacial score (nSPS) is 16.9. The summed E-state index contributed by atoms with van der Waals surface area (Å²) in [7, 11) is 4.29. The lowest BCUT2D eigenvalue weighted by Crippen LogP contribution is -2.29. The van der Waals surface area contributed by atoms with E-state index in [1.807, 2.05) is 0 Å². The summed E-state index contributed by atoms with van der Waals surface area (Å²) in [4.78, 5) is 27.8. The maximum atomic E-state index is 13.7. The second-order valence-corrected chi connectivity index (χ2v) is 8.01. The third kappa shape index (κ3) is 4.28. The molecule has 1 atom stereocenters. The molecule has 1 aliphatic rings. The summed E-state index contributed by atoms with van der Waals surface area (Å²) in [6.45, 7) is 0. The summed E-state index contributed by atoms with van der Waals surface area (Å²) in [5.74, 6) is -1.78. The van der Waals surface area contributed by atoms with Gasteiger partial charge in [-0.25, -0.2) is 4.39 Å². The Morgan fingerprint density at radius 3 is 2.11 bits per heavy atom. The first kappa shape index (κ1) is 24.1. The quantitative estimate of drug-likeness (QED) is 0.289. The number of aliphatic hydroxyl groups is 1. The van der Waals surface area contributed by atoms with Gasteiger partial charge in [0, 0.05) is 11.8 Å². The largest absolute Gasteiger partial charge is 0.507 e. The third-order valence-corrected chi connectivity index (χ3v) is 6.01. The van der Waals surface area contributed by atoms with E-state index < -0.39 is 29.3 Å². The van der Waals surface area contributed by atoms with Gasteiger partial charge in [0.25, 0.3) is 11.7 Å². The van der Waals surface area contributed by atoms with E-state index in [0.717, 1.165) is 0 Å². The molecule has 3 aromatic rings. The number of hydrogen-bond donors (Lipinski definition) is 1. The number of Topliss-reactive ketones (excluding diaryl/α,β-unsaturated/α-hetero) is 1. The molecule has 1 aliphatic heterocycles. The summed E-state index contributed by atoms with van der Waals surface area (Å²) in [5, 5.41) is 11.6. The number of benzene rings is 3. The van der Waals surface area contributed by atoms with E-state index >= 15 is 0 Å². The molecular formula is C26H21ClFNO6. The molecule has 4 rings (SSSR count). The van der Waals surface area contributed by atoms with E-state index in [4.69, 9.17) is 25.8 Å². The summed E-state index contributed by atoms with van der Waals surface area (Å²) in [5.41, 5.74) is 0.721. The number of amides is 1. The molecule has 0 aromatic heterocycles. The van der Waals surface area contributed by atoms with Gasteiger partial charge in [-0.3, -0.25) is 14.5 Å². The molecule has 0 bridgehead atoms. The van der Waals surface area contributed by atoms with Crippen LogP contribution < -0.4 is 19.1 Å². The average molecular weight is 498 g/mol. The highest BCUT2D eigenvalue weighted by molar-refractivity contribution is 6.51. The number of ketones is 1. The monoisotopic (exact) mass is 497 g/mol. The molecule has 180 valence electrons. The standard InChI is InChI=1S/C26H21ClFNO6/c1-33-17-10-8-16(9-11-17)29-23(14-4-6-15(28)7-5-14)22(25(31)26(29)32)24(30)18-12-21(35-3)19(27)13-20(18)34-2/h4-13,23,30H,1-3H3/b24-22+. The zero-order valence-electron chi connectivity index (χ0n) is 19.0. The summed E-state index contributed by atoms with van der Waals surface area (Å²) < 4.78 is 29.5. The fourth-order valence-corrected chi connectivity index (χ4v) is 4.22. The van der Waals surface area contributed by atoms with Crippen molar-refractivity contribution in [2.24, 2.45) is 0 Å². The highest BCUT2D eigenvalue weighted by Crippen LogP contribution is 2.45. The molecule has 0 spiro atoms. The number of ether oxygens (including phenoxy) is 3. The minimum absolute atomic E-state index is 0.105. The fraction of sp³-hybridized carbons (Fsp3) is 0.154. The van der Waals surface area contributed by atoms with Crippen molar-refractivity contribution in [2.45, 2.75) is 6.04 Å². The maximum absolute atomic E-state index is 13.7. The summed E-state index contributed by atoms with van der Waals surface area (Å²) >= 11 is 6.19. The highest BCUT2D eigenvalue weighted by atomic mass is 35.5. The second kappa shape index (κ2) is 9.68. The Balaban J connectivity index is 1.97. The second-order valence-electron chi connectivity index (χ2n) is 7.61. The van der Waals surface area contributed by atoms with Crippen LogP contribution in [0.1, 0.15) is 17.2 Å². The fourth-order valence-electron chi connectivity index (χ4n) is 3.99. The van der Waals surface area contributed by atoms with Crippen molar-refractivity contribution in [3.63, 3.8) is 0 Å². The van der Waals surface area contributed by atoms with Crippen LogP contribution in [0.5, 0.6) is 17.2 Å². The van der Waals surface area contributed by atoms with Gasteiger partial charge in [-0.05, 0) is 48.0 Å². The first-order valence-corrected chi connectivity index (χ1v) is 10.8. The van der Waals surface area contributed by atoms with Crippen molar-refractivity contribution in [1.29, 1.82) is 0 Å². The number of nitrogens with zero attached hydrogens (tertiary/aromatic N) is 1. The molecular weight excluding hydrogens is 477 g/mol. The molecule has 7 nitrogen and oxygen atoms in total. The van der Waals surface area contributed by atoms with Crippen molar-refractivity contribution < 1.29 is 33.3 Å². The van der Waals surface area contributed by atoms with Gasteiger partial charge in [-0.15, -0.1) is 0 Å². The number of rotatable bonds is 6. The number of hydrogen-bond acceptors (Lipinski definition) is 6. The SMILES string of the molecule is COc1ccc(N2C(=O)C(=O)/C(=C(/O)c3cc(OC)c(Cl)cc3OC)C2c2ccc(F)cc2)cc1. The van der Waals surface area contributed by atoms with Crippen molar-refractivity contribution in [2.75, 3.05) is 26.2 Å². The Labute approximate surface area is 205 Å². The van der Waals surface area contributed by atoms with Crippen LogP contribution in [0, 0.1) is 5.82 Å². The molecule has 0 aliphatic carbocycles. The van der Waals surface area contributed by atoms with Crippen molar-refractivity contribution in [1.82, 2.24) is 0 Å². The van der Waals surface area contributed by atoms with Crippen LogP contribution in [0.15, 0.2) is 66.2 Å². The third-order valence-electron chi connectivity index (χ3n) is 5.71. The van der Waals surface area contributed by atoms with Gasteiger partial charge in [-0.1, -0.05) is 23.7 Å². The number of carbonyl (C=O) groups is 2. The lowest BCUT2D eigenvalue weighted by Gasteiger charge is -2.25. The maximum Gasteiger partial charge on any atom is 0.300 e. The van der Waals surface area contributed by atoms with Gasteiger partial charge in [0.1, 0.15) is 28.8 Å². The van der Waals surface area contributed by atoms with Gasteiger partial charge in [0.2, 0.25) is 0 Å². The molecule has 0 saturated carbocycles. The zero-order valence-corrected chi connectivity index (χ0v) is 19.8. The van der Waals surface area contributed by atoms with E-state index in [9.17, 15) is 19.1 Å². The molecule has 35 heavy (non-hydrogen) atoms. The van der Waals surface area contributed by atoms with Gasteiger partial charge >= 0.3 is 0 Å². The molecule has 1 N–H and O–H groups in total. The first-order chi connectivity index (χ1) is 16.8. The van der Waals surface area contributed by atoms with Crippen LogP contribution in [0.4, 0.5) is 10.1 Å². The zero-order chi connectivity index (χ0) is 25.3. The van der Waals surface area contributed by atoms with Crippen LogP contribution in [0.2, 0.25) is 5.02 Å². The van der Waals surface area contributed by atoms with Crippen molar-refractivity contribution in [3.05, 3.63) is 88.2 Å². The Morgan fingerprint density at radius 1 is 0.914 bits per heavy atom. The van der Waals surface area contributed by atoms with E-state index in [-0.39, 0.29) is 27.7 Å². The Morgan fingerprint density at radius 2 is 1.54 bits per heavy atom. The number of carbonyl (C=O) groups excluding carboxylic acids is 2. The first-order valence-electron chi connectivity index (χ1n) is 10.4. The Kier molecular flexibility index (Phi) is 6.66. The minimum atomic E-state index is -1.05. The molecule has 0 radical (unpaired) electrons. The van der Waals surface area contributed by atoms with E-state index in [1.165, 1.54) is 62.6 Å². The molecule has 1 heterocycles. The molecule has 1 amide bonds. The van der Waals surface area contributed by atoms with Crippen LogP contribution in [-0.4, -0.2) is 38.1 Å². The number of halogens is 2. The molecule has 1 unspecified atom stereocenters. The molecule has 1 saturated heterocycles. The number of anilines is 1. The van der Waals surface area contributed by atoms with Gasteiger partial charge < -0.3 is 19.3 Å². The summed E-state index contributed by atoms with van der Waals surface area (Å²) in [6.07, 6.45) is 0. The smallest absolute Gasteiger partial charge is 0.300 e. The highest BCUT2D eigenvalue weighted by Gasteiger charge is 2.47. The predicted molar refractivity (Wildman–Crippen MR) is 129 cm³/mol. The minimum Gasteiger partial charge on any atom is -0.507 e. The van der Waals surface area contributed by atoms with Gasteiger partial charge in [0.15, 0.2) is 0 Å². The van der Waals surface area contributed by atoms with E-state index in [0.29, 0.717) is 17.0 Å². The van der Waals surface area contributed by atoms with Crippen molar-refractivity contribution in [3.8, 4) is 17.2 Å². The Hall–Kier alpha value is -4.04. The van der Waals surface area contributed by atoms with Crippen LogP contribution in [-0.2, 0) is 9.59 Å². The molecule has 9 heteroatoms.